The van der Waals surface area contributed by atoms with Crippen molar-refractivity contribution >= 4 is 27.3 Å². The number of sulfonamides is 1. The number of thiophene rings is 1. The molecule has 0 saturated heterocycles. The second-order valence-corrected chi connectivity index (χ2v) is 7.64. The molecule has 1 N–H and O–H groups in total. The lowest BCUT2D eigenvalue weighted by Crippen LogP contribution is -2.37. The largest absolute Gasteiger partial charge is 0.481 e. The number of hydrogen-bond acceptors (Lipinski definition) is 4. The van der Waals surface area contributed by atoms with Crippen LogP contribution in [0.15, 0.2) is 17.5 Å². The smallest absolute Gasteiger partial charge is 0.303 e. The lowest BCUT2D eigenvalue weighted by atomic mass is 10.2. The molecule has 0 fully saturated rings. The van der Waals surface area contributed by atoms with Crippen LogP contribution >= 0.6 is 11.3 Å². The van der Waals surface area contributed by atoms with Crippen molar-refractivity contribution in [1.82, 2.24) is 4.31 Å². The minimum Gasteiger partial charge on any atom is -0.481 e. The standard InChI is InChI=1S/C12H19NO4S2/c1-10(9-11-5-3-7-18-11)13(2)19(16,17)8-4-6-12(14)15/h3,5,7,10H,4,6,8-9H2,1-2H3,(H,14,15). The highest BCUT2D eigenvalue weighted by Gasteiger charge is 2.23. The molecule has 1 atom stereocenters. The van der Waals surface area contributed by atoms with E-state index in [0.29, 0.717) is 6.42 Å². The number of carbonyl (C=O) groups is 1. The minimum absolute atomic E-state index is 0.119. The van der Waals surface area contributed by atoms with E-state index in [1.807, 2.05) is 24.4 Å². The molecule has 0 aliphatic heterocycles. The number of carboxylic acid groups (broad SMARTS) is 1. The van der Waals surface area contributed by atoms with Gasteiger partial charge in [-0.1, -0.05) is 6.07 Å². The van der Waals surface area contributed by atoms with Gasteiger partial charge in [0.05, 0.1) is 5.75 Å². The predicted octanol–water partition coefficient (Wildman–Crippen LogP) is 1.81. The fourth-order valence-electron chi connectivity index (χ4n) is 1.67. The Morgan fingerprint density at radius 2 is 2.21 bits per heavy atom. The van der Waals surface area contributed by atoms with Gasteiger partial charge in [-0.2, -0.15) is 0 Å². The van der Waals surface area contributed by atoms with Gasteiger partial charge in [0, 0.05) is 24.4 Å². The number of rotatable bonds is 8. The Hall–Kier alpha value is -0.920. The van der Waals surface area contributed by atoms with Crippen LogP contribution in [0.3, 0.4) is 0 Å². The van der Waals surface area contributed by atoms with E-state index in [0.717, 1.165) is 4.88 Å². The van der Waals surface area contributed by atoms with E-state index < -0.39 is 16.0 Å². The quantitative estimate of drug-likeness (QED) is 0.795. The number of likely N-dealkylation sites (N-methyl/N-ethyl adjacent to an activating group) is 1. The molecule has 1 aromatic heterocycles. The molecule has 5 nitrogen and oxygen atoms in total. The summed E-state index contributed by atoms with van der Waals surface area (Å²) in [5, 5.41) is 10.5. The summed E-state index contributed by atoms with van der Waals surface area (Å²) in [6, 6.07) is 3.79. The van der Waals surface area contributed by atoms with E-state index in [9.17, 15) is 13.2 Å². The summed E-state index contributed by atoms with van der Waals surface area (Å²) in [5.74, 6) is -1.09. The SMILES string of the molecule is CC(Cc1cccs1)N(C)S(=O)(=O)CCCC(=O)O. The van der Waals surface area contributed by atoms with Crippen LogP contribution in [-0.4, -0.2) is 42.6 Å². The summed E-state index contributed by atoms with van der Waals surface area (Å²) in [4.78, 5) is 11.5. The van der Waals surface area contributed by atoms with Crippen LogP contribution < -0.4 is 0 Å². The van der Waals surface area contributed by atoms with Crippen molar-refractivity contribution in [3.05, 3.63) is 22.4 Å². The van der Waals surface area contributed by atoms with Crippen molar-refractivity contribution in [2.24, 2.45) is 0 Å². The van der Waals surface area contributed by atoms with Crippen molar-refractivity contribution in [2.75, 3.05) is 12.8 Å². The Bertz CT molecular complexity index is 496. The molecule has 1 heterocycles. The van der Waals surface area contributed by atoms with E-state index in [1.165, 1.54) is 4.31 Å². The summed E-state index contributed by atoms with van der Waals surface area (Å²) in [6.45, 7) is 1.86. The third-order valence-electron chi connectivity index (χ3n) is 2.93. The van der Waals surface area contributed by atoms with Gasteiger partial charge in [-0.05, 0) is 31.2 Å². The van der Waals surface area contributed by atoms with Crippen LogP contribution in [0.25, 0.3) is 0 Å². The van der Waals surface area contributed by atoms with Gasteiger partial charge in [-0.25, -0.2) is 12.7 Å². The summed E-state index contributed by atoms with van der Waals surface area (Å²) in [7, 11) is -1.83. The first kappa shape index (κ1) is 16.1. The maximum absolute atomic E-state index is 12.0. The molecular formula is C12H19NO4S2. The fourth-order valence-corrected chi connectivity index (χ4v) is 3.92. The third kappa shape index (κ3) is 5.30. The molecule has 1 rings (SSSR count). The van der Waals surface area contributed by atoms with Crippen LogP contribution in [0.5, 0.6) is 0 Å². The zero-order chi connectivity index (χ0) is 14.5. The molecule has 1 aromatic rings. The summed E-state index contributed by atoms with van der Waals surface area (Å²) in [6.07, 6.45) is 0.701. The highest BCUT2D eigenvalue weighted by Crippen LogP contribution is 2.16. The summed E-state index contributed by atoms with van der Waals surface area (Å²) < 4.78 is 25.4. The lowest BCUT2D eigenvalue weighted by molar-refractivity contribution is -0.137. The predicted molar refractivity (Wildman–Crippen MR) is 75.9 cm³/mol. The van der Waals surface area contributed by atoms with Gasteiger partial charge in [0.1, 0.15) is 0 Å². The van der Waals surface area contributed by atoms with Crippen LogP contribution in [0.1, 0.15) is 24.6 Å². The van der Waals surface area contributed by atoms with E-state index in [4.69, 9.17) is 5.11 Å². The highest BCUT2D eigenvalue weighted by atomic mass is 32.2. The van der Waals surface area contributed by atoms with Gasteiger partial charge in [0.25, 0.3) is 0 Å². The zero-order valence-corrected chi connectivity index (χ0v) is 12.7. The van der Waals surface area contributed by atoms with Crippen LogP contribution in [0.2, 0.25) is 0 Å². The van der Waals surface area contributed by atoms with Crippen molar-refractivity contribution in [2.45, 2.75) is 32.2 Å². The van der Waals surface area contributed by atoms with Gasteiger partial charge in [-0.15, -0.1) is 11.3 Å². The van der Waals surface area contributed by atoms with Gasteiger partial charge < -0.3 is 5.11 Å². The highest BCUT2D eigenvalue weighted by molar-refractivity contribution is 7.89. The second kappa shape index (κ2) is 7.02. The Morgan fingerprint density at radius 3 is 2.74 bits per heavy atom. The van der Waals surface area contributed by atoms with Gasteiger partial charge in [0.2, 0.25) is 10.0 Å². The maximum Gasteiger partial charge on any atom is 0.303 e. The van der Waals surface area contributed by atoms with Crippen molar-refractivity contribution in [1.29, 1.82) is 0 Å². The number of aliphatic carboxylic acids is 1. The molecule has 0 amide bonds. The molecule has 0 aliphatic rings. The lowest BCUT2D eigenvalue weighted by Gasteiger charge is -2.23. The first-order valence-electron chi connectivity index (χ1n) is 6.03. The average Bonchev–Trinajstić information content (AvgIpc) is 2.79. The number of nitrogens with zero attached hydrogens (tertiary/aromatic N) is 1. The van der Waals surface area contributed by atoms with Crippen LogP contribution in [-0.2, 0) is 21.2 Å². The molecular weight excluding hydrogens is 286 g/mol. The Balaban J connectivity index is 2.54. The third-order valence-corrected chi connectivity index (χ3v) is 5.87. The molecule has 0 radical (unpaired) electrons. The van der Waals surface area contributed by atoms with Gasteiger partial charge in [0.15, 0.2) is 0 Å². The molecule has 0 saturated carbocycles. The molecule has 0 bridgehead atoms. The summed E-state index contributed by atoms with van der Waals surface area (Å²) in [5.41, 5.74) is 0. The topological polar surface area (TPSA) is 74.7 Å². The molecule has 1 unspecified atom stereocenters. The van der Waals surface area contributed by atoms with Gasteiger partial charge >= 0.3 is 5.97 Å². The Morgan fingerprint density at radius 1 is 1.53 bits per heavy atom. The van der Waals surface area contributed by atoms with Gasteiger partial charge in [-0.3, -0.25) is 4.79 Å². The molecule has 0 aromatic carbocycles. The van der Waals surface area contributed by atoms with E-state index in [2.05, 4.69) is 0 Å². The fraction of sp³-hybridized carbons (Fsp3) is 0.583. The van der Waals surface area contributed by atoms with E-state index in [1.54, 1.807) is 18.4 Å². The molecule has 0 aliphatic carbocycles. The normalized spacial score (nSPS) is 13.6. The maximum atomic E-state index is 12.0. The molecule has 19 heavy (non-hydrogen) atoms. The number of carboxylic acids is 1. The average molecular weight is 305 g/mol. The van der Waals surface area contributed by atoms with Crippen molar-refractivity contribution in [3.8, 4) is 0 Å². The zero-order valence-electron chi connectivity index (χ0n) is 11.1. The monoisotopic (exact) mass is 305 g/mol. The van der Waals surface area contributed by atoms with Crippen LogP contribution in [0.4, 0.5) is 0 Å². The first-order valence-corrected chi connectivity index (χ1v) is 8.51. The summed E-state index contributed by atoms with van der Waals surface area (Å²) >= 11 is 1.60. The van der Waals surface area contributed by atoms with Crippen LogP contribution in [0, 0.1) is 0 Å². The Kier molecular flexibility index (Phi) is 5.96. The number of hydrogen-bond donors (Lipinski definition) is 1. The second-order valence-electron chi connectivity index (χ2n) is 4.46. The van der Waals surface area contributed by atoms with E-state index >= 15 is 0 Å². The Labute approximate surface area is 117 Å². The van der Waals surface area contributed by atoms with Crippen molar-refractivity contribution < 1.29 is 18.3 Å². The molecule has 7 heteroatoms. The molecule has 0 spiro atoms. The molecule has 108 valence electrons. The van der Waals surface area contributed by atoms with E-state index in [-0.39, 0.29) is 24.6 Å². The first-order chi connectivity index (χ1) is 8.83. The van der Waals surface area contributed by atoms with Crippen molar-refractivity contribution in [3.63, 3.8) is 0 Å². The minimum atomic E-state index is -3.38.